The van der Waals surface area contributed by atoms with E-state index in [9.17, 15) is 13.2 Å². The van der Waals surface area contributed by atoms with Gasteiger partial charge in [-0.15, -0.1) is 0 Å². The van der Waals surface area contributed by atoms with Crippen LogP contribution in [0.1, 0.15) is 10.5 Å². The van der Waals surface area contributed by atoms with Crippen molar-refractivity contribution in [2.24, 2.45) is 0 Å². The number of sulfonamides is 1. The summed E-state index contributed by atoms with van der Waals surface area (Å²) in [6.07, 6.45) is 1.44. The van der Waals surface area contributed by atoms with Crippen molar-refractivity contribution in [3.63, 3.8) is 0 Å². The quantitative estimate of drug-likeness (QED) is 0.572. The summed E-state index contributed by atoms with van der Waals surface area (Å²) >= 11 is 0. The molecule has 2 N–H and O–H groups in total. The third kappa shape index (κ3) is 0.886. The van der Waals surface area contributed by atoms with Crippen molar-refractivity contribution in [3.05, 3.63) is 18.0 Å². The number of Topliss-reactive ketones (excluding diaryl/α,β-unsaturated/α-hetero) is 1. The van der Waals surface area contributed by atoms with Crippen LogP contribution in [0.4, 0.5) is 0 Å². The van der Waals surface area contributed by atoms with Crippen LogP contribution in [0.3, 0.4) is 0 Å². The fourth-order valence-corrected chi connectivity index (χ4v) is 2.29. The number of ketones is 1. The Balaban J connectivity index is 2.73. The number of aromatic nitrogens is 1. The molecule has 2 heterocycles. The molecule has 0 fully saturated rings. The minimum absolute atomic E-state index is 0.0405. The van der Waals surface area contributed by atoms with E-state index in [1.54, 1.807) is 0 Å². The molecule has 1 aromatic rings. The van der Waals surface area contributed by atoms with Crippen LogP contribution in [0, 0.1) is 0 Å². The highest BCUT2D eigenvalue weighted by Gasteiger charge is 2.28. The summed E-state index contributed by atoms with van der Waals surface area (Å²) in [6.45, 7) is -0.157. The second-order valence-corrected chi connectivity index (χ2v) is 4.20. The second-order valence-electron chi connectivity index (χ2n) is 2.46. The molecule has 0 aromatic carbocycles. The van der Waals surface area contributed by atoms with Gasteiger partial charge in [-0.2, -0.15) is 0 Å². The van der Waals surface area contributed by atoms with Gasteiger partial charge < -0.3 is 4.98 Å². The molecule has 0 saturated heterocycles. The number of carbonyl (C=O) groups is 1. The first-order valence-corrected chi connectivity index (χ1v) is 4.80. The fourth-order valence-electron chi connectivity index (χ4n) is 1.12. The van der Waals surface area contributed by atoms with Gasteiger partial charge in [-0.05, 0) is 6.07 Å². The van der Waals surface area contributed by atoms with Crippen molar-refractivity contribution in [2.75, 3.05) is 6.54 Å². The average Bonchev–Trinajstić information content (AvgIpc) is 2.46. The maximum atomic E-state index is 11.2. The summed E-state index contributed by atoms with van der Waals surface area (Å²) in [6, 6.07) is 1.37. The SMILES string of the molecule is O=C1CNS(=O)(=O)c2cc[nH]c21. The maximum Gasteiger partial charge on any atom is 0.243 e. The van der Waals surface area contributed by atoms with E-state index in [1.807, 2.05) is 0 Å². The number of nitrogens with one attached hydrogen (secondary N) is 2. The zero-order chi connectivity index (χ0) is 8.77. The van der Waals surface area contributed by atoms with Crippen molar-refractivity contribution < 1.29 is 13.2 Å². The van der Waals surface area contributed by atoms with E-state index in [-0.39, 0.29) is 22.9 Å². The fraction of sp³-hybridized carbons (Fsp3) is 0.167. The van der Waals surface area contributed by atoms with Crippen molar-refractivity contribution in [2.45, 2.75) is 4.90 Å². The molecule has 2 rings (SSSR count). The monoisotopic (exact) mass is 186 g/mol. The minimum Gasteiger partial charge on any atom is -0.358 e. The number of fused-ring (bicyclic) bond motifs is 1. The molecular formula is C6H6N2O3S. The first kappa shape index (κ1) is 7.51. The zero-order valence-electron chi connectivity index (χ0n) is 5.99. The van der Waals surface area contributed by atoms with Gasteiger partial charge in [0.25, 0.3) is 0 Å². The Hall–Kier alpha value is -1.14. The van der Waals surface area contributed by atoms with E-state index in [0.29, 0.717) is 0 Å². The molecule has 0 atom stereocenters. The Kier molecular flexibility index (Phi) is 1.36. The normalized spacial score (nSPS) is 20.5. The topological polar surface area (TPSA) is 79.0 Å². The summed E-state index contributed by atoms with van der Waals surface area (Å²) < 4.78 is 24.5. The Morgan fingerprint density at radius 2 is 2.17 bits per heavy atom. The second kappa shape index (κ2) is 2.18. The van der Waals surface area contributed by atoms with Crippen LogP contribution in [0.5, 0.6) is 0 Å². The van der Waals surface area contributed by atoms with Crippen LogP contribution in [-0.4, -0.2) is 25.7 Å². The molecule has 0 spiro atoms. The standard InChI is InChI=1S/C6H6N2O3S/c9-4-3-8-12(10,11)5-1-2-7-6(4)5/h1-2,7-8H,3H2. The first-order valence-electron chi connectivity index (χ1n) is 3.31. The van der Waals surface area contributed by atoms with Gasteiger partial charge in [-0.25, -0.2) is 13.1 Å². The smallest absolute Gasteiger partial charge is 0.243 e. The van der Waals surface area contributed by atoms with Gasteiger partial charge in [-0.1, -0.05) is 0 Å². The van der Waals surface area contributed by atoms with Gasteiger partial charge in [0.05, 0.1) is 6.54 Å². The van der Waals surface area contributed by atoms with Gasteiger partial charge in [0.1, 0.15) is 10.6 Å². The van der Waals surface area contributed by atoms with E-state index in [2.05, 4.69) is 9.71 Å². The number of hydrogen-bond acceptors (Lipinski definition) is 3. The number of hydrogen-bond donors (Lipinski definition) is 2. The van der Waals surface area contributed by atoms with Crippen molar-refractivity contribution >= 4 is 15.8 Å². The van der Waals surface area contributed by atoms with Gasteiger partial charge in [0, 0.05) is 6.20 Å². The zero-order valence-corrected chi connectivity index (χ0v) is 6.81. The average molecular weight is 186 g/mol. The lowest BCUT2D eigenvalue weighted by Crippen LogP contribution is -2.35. The van der Waals surface area contributed by atoms with Crippen LogP contribution in [-0.2, 0) is 10.0 Å². The summed E-state index contributed by atoms with van der Waals surface area (Å²) in [5.41, 5.74) is 0.175. The van der Waals surface area contributed by atoms with Crippen LogP contribution in [0.2, 0.25) is 0 Å². The van der Waals surface area contributed by atoms with Gasteiger partial charge in [-0.3, -0.25) is 4.79 Å². The van der Waals surface area contributed by atoms with Crippen LogP contribution in [0.15, 0.2) is 17.2 Å². The molecule has 0 bridgehead atoms. The molecule has 0 amide bonds. The molecule has 1 aliphatic rings. The predicted molar refractivity (Wildman–Crippen MR) is 40.3 cm³/mol. The van der Waals surface area contributed by atoms with Gasteiger partial charge in [0.15, 0.2) is 5.78 Å². The van der Waals surface area contributed by atoms with E-state index in [0.717, 1.165) is 0 Å². The number of H-pyrrole nitrogens is 1. The van der Waals surface area contributed by atoms with Crippen LogP contribution in [0.25, 0.3) is 0 Å². The van der Waals surface area contributed by atoms with Crippen molar-refractivity contribution in [3.8, 4) is 0 Å². The van der Waals surface area contributed by atoms with Crippen molar-refractivity contribution in [1.29, 1.82) is 0 Å². The Morgan fingerprint density at radius 3 is 2.83 bits per heavy atom. The van der Waals surface area contributed by atoms with Gasteiger partial charge >= 0.3 is 0 Å². The highest BCUT2D eigenvalue weighted by molar-refractivity contribution is 7.89. The number of aromatic amines is 1. The van der Waals surface area contributed by atoms with Crippen LogP contribution < -0.4 is 4.72 Å². The van der Waals surface area contributed by atoms with Crippen molar-refractivity contribution in [1.82, 2.24) is 9.71 Å². The Bertz CT molecular complexity index is 431. The van der Waals surface area contributed by atoms with E-state index in [4.69, 9.17) is 0 Å². The van der Waals surface area contributed by atoms with E-state index < -0.39 is 10.0 Å². The molecule has 1 aromatic heterocycles. The Morgan fingerprint density at radius 1 is 1.42 bits per heavy atom. The lowest BCUT2D eigenvalue weighted by Gasteiger charge is -2.11. The molecule has 0 radical (unpaired) electrons. The van der Waals surface area contributed by atoms with E-state index in [1.165, 1.54) is 12.3 Å². The largest absolute Gasteiger partial charge is 0.358 e. The molecule has 1 aliphatic heterocycles. The maximum absolute atomic E-state index is 11.2. The molecule has 6 heteroatoms. The molecule has 0 unspecified atom stereocenters. The highest BCUT2D eigenvalue weighted by atomic mass is 32.2. The Labute approximate surface area is 68.8 Å². The molecule has 64 valence electrons. The number of rotatable bonds is 0. The molecule has 12 heavy (non-hydrogen) atoms. The highest BCUT2D eigenvalue weighted by Crippen LogP contribution is 2.17. The van der Waals surface area contributed by atoms with E-state index >= 15 is 0 Å². The molecule has 0 saturated carbocycles. The lowest BCUT2D eigenvalue weighted by atomic mass is 10.3. The lowest BCUT2D eigenvalue weighted by molar-refractivity contribution is 0.0986. The predicted octanol–water partition coefficient (Wildman–Crippen LogP) is -0.511. The summed E-state index contributed by atoms with van der Waals surface area (Å²) in [5, 5.41) is 0. The summed E-state index contributed by atoms with van der Waals surface area (Å²) in [5.74, 6) is -0.232. The van der Waals surface area contributed by atoms with Gasteiger partial charge in [0.2, 0.25) is 10.0 Å². The third-order valence-electron chi connectivity index (χ3n) is 1.70. The molecular weight excluding hydrogens is 180 g/mol. The summed E-state index contributed by atoms with van der Waals surface area (Å²) in [7, 11) is -3.43. The summed E-state index contributed by atoms with van der Waals surface area (Å²) in [4.78, 5) is 13.7. The molecule has 0 aliphatic carbocycles. The number of carbonyl (C=O) groups excluding carboxylic acids is 1. The van der Waals surface area contributed by atoms with Crippen LogP contribution >= 0.6 is 0 Å². The molecule has 5 nitrogen and oxygen atoms in total. The first-order chi connectivity index (χ1) is 5.61. The minimum atomic E-state index is -3.43. The third-order valence-corrected chi connectivity index (χ3v) is 3.14.